The number of nitrogens with zero attached hydrogens (tertiary/aromatic N) is 3. The van der Waals surface area contributed by atoms with E-state index in [-0.39, 0.29) is 35.8 Å². The fourth-order valence-corrected chi connectivity index (χ4v) is 4.16. The predicted molar refractivity (Wildman–Crippen MR) is 124 cm³/mol. The van der Waals surface area contributed by atoms with Crippen LogP contribution in [0.4, 0.5) is 18.9 Å². The van der Waals surface area contributed by atoms with Gasteiger partial charge in [-0.1, -0.05) is 53.7 Å². The molecule has 1 unspecified atom stereocenters. The Morgan fingerprint density at radius 2 is 1.64 bits per heavy atom. The van der Waals surface area contributed by atoms with Crippen molar-refractivity contribution in [3.05, 3.63) is 101 Å². The molecule has 0 aliphatic carbocycles. The van der Waals surface area contributed by atoms with Crippen LogP contribution in [0.2, 0.25) is 0 Å². The summed E-state index contributed by atoms with van der Waals surface area (Å²) in [7, 11) is 0. The molecule has 1 aliphatic rings. The van der Waals surface area contributed by atoms with E-state index in [9.17, 15) is 22.8 Å². The first-order valence-corrected chi connectivity index (χ1v) is 11.1. The number of benzene rings is 3. The van der Waals surface area contributed by atoms with E-state index in [1.807, 2.05) is 30.3 Å². The van der Waals surface area contributed by atoms with Gasteiger partial charge in [0.15, 0.2) is 0 Å². The average molecular weight is 492 g/mol. The number of para-hydroxylation sites is 1. The molecule has 0 fully saturated rings. The van der Waals surface area contributed by atoms with E-state index in [2.05, 4.69) is 20.0 Å². The predicted octanol–water partition coefficient (Wildman–Crippen LogP) is 4.76. The number of halogens is 3. The number of alkyl halides is 3. The molecule has 0 bridgehead atoms. The lowest BCUT2D eigenvalue weighted by Crippen LogP contribution is -2.45. The summed E-state index contributed by atoms with van der Waals surface area (Å²) < 4.78 is 42.3. The maximum absolute atomic E-state index is 13.3. The number of nitrogens with one attached hydrogen (secondary N) is 1. The van der Waals surface area contributed by atoms with E-state index in [4.69, 9.17) is 0 Å². The number of rotatable bonds is 5. The van der Waals surface area contributed by atoms with Crippen molar-refractivity contribution in [1.82, 2.24) is 15.5 Å². The van der Waals surface area contributed by atoms with Crippen LogP contribution in [0.3, 0.4) is 0 Å². The van der Waals surface area contributed by atoms with Gasteiger partial charge in [0.25, 0.3) is 11.8 Å². The lowest BCUT2D eigenvalue weighted by molar-refractivity contribution is -0.159. The fourth-order valence-electron chi connectivity index (χ4n) is 4.16. The summed E-state index contributed by atoms with van der Waals surface area (Å²) in [4.78, 5) is 31.1. The van der Waals surface area contributed by atoms with Crippen LogP contribution in [0.15, 0.2) is 83.4 Å². The van der Waals surface area contributed by atoms with Crippen molar-refractivity contribution in [2.24, 2.45) is 0 Å². The Balaban J connectivity index is 1.29. The molecule has 3 aromatic carbocycles. The molecule has 1 N–H and O–H groups in total. The van der Waals surface area contributed by atoms with Crippen LogP contribution < -0.4 is 10.2 Å². The number of hydrogen-bond donors (Lipinski definition) is 1. The molecule has 0 spiro atoms. The van der Waals surface area contributed by atoms with E-state index in [0.29, 0.717) is 17.5 Å². The smallest absolute Gasteiger partial charge is 0.350 e. The summed E-state index contributed by atoms with van der Waals surface area (Å²) in [5.74, 6) is -2.20. The van der Waals surface area contributed by atoms with Crippen LogP contribution in [0, 0.1) is 0 Å². The van der Waals surface area contributed by atoms with Crippen LogP contribution >= 0.6 is 0 Å². The molecule has 5 rings (SSSR count). The maximum atomic E-state index is 13.3. The normalized spacial score (nSPS) is 15.0. The number of amides is 2. The standard InChI is InChI=1S/C26H19F3N4O3/c27-26(28,29)25-31-22(32-36-25)16-10-12-17(13-11-16)23(34)30-15-20-14-19-8-4-5-9-21(19)33(20)24(35)18-6-2-1-3-7-18/h1-13,20H,14-15H2,(H,30,34). The van der Waals surface area contributed by atoms with Crippen molar-refractivity contribution >= 4 is 17.5 Å². The van der Waals surface area contributed by atoms with Gasteiger partial charge in [0.1, 0.15) is 0 Å². The highest BCUT2D eigenvalue weighted by atomic mass is 19.4. The summed E-state index contributed by atoms with van der Waals surface area (Å²) in [5, 5.41) is 6.21. The van der Waals surface area contributed by atoms with Crippen molar-refractivity contribution in [2.45, 2.75) is 18.6 Å². The monoisotopic (exact) mass is 492 g/mol. The number of carbonyl (C=O) groups is 2. The molecule has 1 aromatic heterocycles. The summed E-state index contributed by atoms with van der Waals surface area (Å²) in [6.07, 6.45) is -4.14. The molecule has 7 nitrogen and oxygen atoms in total. The van der Waals surface area contributed by atoms with Gasteiger partial charge in [-0.25, -0.2) is 0 Å². The van der Waals surface area contributed by atoms with Crippen LogP contribution in [0.5, 0.6) is 0 Å². The third kappa shape index (κ3) is 4.57. The van der Waals surface area contributed by atoms with Gasteiger partial charge in [-0.05, 0) is 42.3 Å². The van der Waals surface area contributed by atoms with Crippen molar-refractivity contribution < 1.29 is 27.3 Å². The number of fused-ring (bicyclic) bond motifs is 1. The van der Waals surface area contributed by atoms with Crippen LogP contribution in [0.1, 0.15) is 32.2 Å². The SMILES string of the molecule is O=C(NCC1Cc2ccccc2N1C(=O)c1ccccc1)c1ccc(-c2noc(C(F)(F)F)n2)cc1. The Hall–Kier alpha value is -4.47. The van der Waals surface area contributed by atoms with E-state index in [1.165, 1.54) is 24.3 Å². The molecule has 0 saturated heterocycles. The third-order valence-corrected chi connectivity index (χ3v) is 5.88. The third-order valence-electron chi connectivity index (χ3n) is 5.88. The zero-order valence-electron chi connectivity index (χ0n) is 18.7. The summed E-state index contributed by atoms with van der Waals surface area (Å²) in [6.45, 7) is 0.216. The largest absolute Gasteiger partial charge is 0.471 e. The van der Waals surface area contributed by atoms with Gasteiger partial charge in [0, 0.05) is 28.9 Å². The molecule has 4 aromatic rings. The molecule has 2 heterocycles. The van der Waals surface area contributed by atoms with E-state index < -0.39 is 12.1 Å². The minimum atomic E-state index is -4.74. The van der Waals surface area contributed by atoms with Gasteiger partial charge in [0.2, 0.25) is 5.82 Å². The molecule has 2 amide bonds. The van der Waals surface area contributed by atoms with Gasteiger partial charge in [-0.2, -0.15) is 18.2 Å². The minimum Gasteiger partial charge on any atom is -0.350 e. The van der Waals surface area contributed by atoms with Crippen molar-refractivity contribution in [3.63, 3.8) is 0 Å². The van der Waals surface area contributed by atoms with Gasteiger partial charge in [-0.15, -0.1) is 0 Å². The first kappa shape index (κ1) is 23.3. The Kier molecular flexibility index (Phi) is 6.01. The Bertz CT molecular complexity index is 1400. The quantitative estimate of drug-likeness (QED) is 0.434. The highest BCUT2D eigenvalue weighted by Crippen LogP contribution is 2.33. The highest BCUT2D eigenvalue weighted by Gasteiger charge is 2.38. The van der Waals surface area contributed by atoms with Gasteiger partial charge < -0.3 is 14.7 Å². The Labute approximate surface area is 203 Å². The Morgan fingerprint density at radius 1 is 0.944 bits per heavy atom. The first-order chi connectivity index (χ1) is 17.3. The first-order valence-electron chi connectivity index (χ1n) is 11.1. The summed E-state index contributed by atoms with van der Waals surface area (Å²) >= 11 is 0. The summed E-state index contributed by atoms with van der Waals surface area (Å²) in [5.41, 5.74) is 2.96. The summed E-state index contributed by atoms with van der Waals surface area (Å²) in [6, 6.07) is 22.1. The van der Waals surface area contributed by atoms with Crippen LogP contribution in [-0.2, 0) is 12.6 Å². The van der Waals surface area contributed by atoms with E-state index >= 15 is 0 Å². The van der Waals surface area contributed by atoms with Crippen LogP contribution in [0.25, 0.3) is 11.4 Å². The lowest BCUT2D eigenvalue weighted by atomic mass is 10.1. The van der Waals surface area contributed by atoms with Gasteiger partial charge in [0.05, 0.1) is 6.04 Å². The van der Waals surface area contributed by atoms with E-state index in [0.717, 1.165) is 11.3 Å². The van der Waals surface area contributed by atoms with Crippen molar-refractivity contribution in [2.75, 3.05) is 11.4 Å². The fraction of sp³-hybridized carbons (Fsp3) is 0.154. The number of hydrogen-bond acceptors (Lipinski definition) is 5. The second-order valence-corrected chi connectivity index (χ2v) is 8.24. The van der Waals surface area contributed by atoms with Gasteiger partial charge in [-0.3, -0.25) is 9.59 Å². The van der Waals surface area contributed by atoms with Crippen LogP contribution in [-0.4, -0.2) is 34.5 Å². The molecule has 1 aliphatic heterocycles. The van der Waals surface area contributed by atoms with E-state index in [1.54, 1.807) is 29.2 Å². The number of aromatic nitrogens is 2. The van der Waals surface area contributed by atoms with Gasteiger partial charge >= 0.3 is 12.1 Å². The lowest BCUT2D eigenvalue weighted by Gasteiger charge is -2.26. The molecule has 10 heteroatoms. The zero-order chi connectivity index (χ0) is 25.3. The Morgan fingerprint density at radius 3 is 2.33 bits per heavy atom. The molecule has 0 radical (unpaired) electrons. The molecule has 182 valence electrons. The zero-order valence-corrected chi connectivity index (χ0v) is 18.7. The molecule has 0 saturated carbocycles. The topological polar surface area (TPSA) is 88.3 Å². The average Bonchev–Trinajstić information content (AvgIpc) is 3.53. The molecular formula is C26H19F3N4O3. The second kappa shape index (κ2) is 9.29. The number of carbonyl (C=O) groups excluding carboxylic acids is 2. The minimum absolute atomic E-state index is 0.150. The van der Waals surface area contributed by atoms with Crippen molar-refractivity contribution in [3.8, 4) is 11.4 Å². The molecular weight excluding hydrogens is 473 g/mol. The number of anilines is 1. The molecule has 1 atom stereocenters. The highest BCUT2D eigenvalue weighted by molar-refractivity contribution is 6.08. The second-order valence-electron chi connectivity index (χ2n) is 8.24. The maximum Gasteiger partial charge on any atom is 0.471 e. The van der Waals surface area contributed by atoms with Crippen molar-refractivity contribution in [1.29, 1.82) is 0 Å². The molecule has 36 heavy (non-hydrogen) atoms.